The predicted octanol–water partition coefficient (Wildman–Crippen LogP) is 3.33. The van der Waals surface area contributed by atoms with Gasteiger partial charge in [-0.3, -0.25) is 5.32 Å². The Morgan fingerprint density at radius 3 is 2.88 bits per heavy atom. The molecule has 1 rings (SSSR count). The molecule has 0 saturated heterocycles. The standard InChI is InChI=1S/C13H24N2S/c1-3-5-6-9-16-12-7-8-13(10-12,11-14)15-4-2/h12,15H,3-10H2,1-2H3. The zero-order valence-electron chi connectivity index (χ0n) is 10.6. The highest BCUT2D eigenvalue weighted by Gasteiger charge is 2.38. The fourth-order valence-electron chi connectivity index (χ4n) is 2.38. The lowest BCUT2D eigenvalue weighted by molar-refractivity contribution is 0.436. The van der Waals surface area contributed by atoms with E-state index in [1.54, 1.807) is 0 Å². The molecule has 16 heavy (non-hydrogen) atoms. The Balaban J connectivity index is 2.26. The highest BCUT2D eigenvalue weighted by molar-refractivity contribution is 7.99. The minimum atomic E-state index is -0.211. The fourth-order valence-corrected chi connectivity index (χ4v) is 3.78. The van der Waals surface area contributed by atoms with E-state index < -0.39 is 0 Å². The SMILES string of the molecule is CCCCCSC1CCC(C#N)(NCC)C1. The third-order valence-corrected chi connectivity index (χ3v) is 4.70. The van der Waals surface area contributed by atoms with Crippen LogP contribution >= 0.6 is 11.8 Å². The number of thioether (sulfide) groups is 1. The number of nitriles is 1. The lowest BCUT2D eigenvalue weighted by Gasteiger charge is -2.21. The van der Waals surface area contributed by atoms with Crippen molar-refractivity contribution < 1.29 is 0 Å². The first-order chi connectivity index (χ1) is 7.76. The third-order valence-electron chi connectivity index (χ3n) is 3.30. The van der Waals surface area contributed by atoms with Crippen LogP contribution in [0.1, 0.15) is 52.4 Å². The molecule has 0 bridgehead atoms. The molecule has 0 radical (unpaired) electrons. The number of hydrogen-bond donors (Lipinski definition) is 1. The number of rotatable bonds is 7. The van der Waals surface area contributed by atoms with Crippen molar-refractivity contribution in [1.82, 2.24) is 5.32 Å². The van der Waals surface area contributed by atoms with Gasteiger partial charge in [0.1, 0.15) is 5.54 Å². The first-order valence-corrected chi connectivity index (χ1v) is 7.59. The van der Waals surface area contributed by atoms with E-state index in [0.717, 1.165) is 19.4 Å². The lowest BCUT2D eigenvalue weighted by atomic mass is 10.0. The van der Waals surface area contributed by atoms with Crippen LogP contribution in [-0.2, 0) is 0 Å². The van der Waals surface area contributed by atoms with Gasteiger partial charge >= 0.3 is 0 Å². The molecule has 0 aromatic heterocycles. The Bertz CT molecular complexity index is 237. The van der Waals surface area contributed by atoms with Gasteiger partial charge in [-0.25, -0.2) is 0 Å². The Kier molecular flexibility index (Phi) is 6.23. The zero-order valence-corrected chi connectivity index (χ0v) is 11.4. The maximum atomic E-state index is 9.25. The molecule has 0 amide bonds. The van der Waals surface area contributed by atoms with Crippen LogP contribution in [0.2, 0.25) is 0 Å². The quantitative estimate of drug-likeness (QED) is 0.693. The smallest absolute Gasteiger partial charge is 0.107 e. The van der Waals surface area contributed by atoms with E-state index in [2.05, 4.69) is 37.0 Å². The summed E-state index contributed by atoms with van der Waals surface area (Å²) in [6.07, 6.45) is 7.24. The molecule has 1 N–H and O–H groups in total. The van der Waals surface area contributed by atoms with Crippen molar-refractivity contribution in [1.29, 1.82) is 5.26 Å². The molecule has 0 spiro atoms. The van der Waals surface area contributed by atoms with Crippen LogP contribution in [0.3, 0.4) is 0 Å². The van der Waals surface area contributed by atoms with Crippen LogP contribution in [0, 0.1) is 11.3 Å². The molecule has 0 aliphatic heterocycles. The number of nitrogens with zero attached hydrogens (tertiary/aromatic N) is 1. The fraction of sp³-hybridized carbons (Fsp3) is 0.923. The van der Waals surface area contributed by atoms with E-state index >= 15 is 0 Å². The average molecular weight is 240 g/mol. The second-order valence-corrected chi connectivity index (χ2v) is 6.08. The van der Waals surface area contributed by atoms with Gasteiger partial charge in [-0.2, -0.15) is 17.0 Å². The molecular formula is C13H24N2S. The summed E-state index contributed by atoms with van der Waals surface area (Å²) in [5.41, 5.74) is -0.211. The Hall–Kier alpha value is -0.200. The van der Waals surface area contributed by atoms with E-state index in [9.17, 15) is 5.26 Å². The van der Waals surface area contributed by atoms with Crippen LogP contribution < -0.4 is 5.32 Å². The topological polar surface area (TPSA) is 35.8 Å². The van der Waals surface area contributed by atoms with Gasteiger partial charge in [0, 0.05) is 5.25 Å². The van der Waals surface area contributed by atoms with Gasteiger partial charge in [0.25, 0.3) is 0 Å². The molecule has 0 aromatic rings. The molecule has 2 nitrogen and oxygen atoms in total. The number of unbranched alkanes of at least 4 members (excludes halogenated alkanes) is 2. The molecule has 2 atom stereocenters. The highest BCUT2D eigenvalue weighted by Crippen LogP contribution is 2.37. The van der Waals surface area contributed by atoms with E-state index in [0.29, 0.717) is 5.25 Å². The highest BCUT2D eigenvalue weighted by atomic mass is 32.2. The van der Waals surface area contributed by atoms with Crippen LogP contribution in [0.5, 0.6) is 0 Å². The summed E-state index contributed by atoms with van der Waals surface area (Å²) >= 11 is 2.08. The Morgan fingerprint density at radius 1 is 1.44 bits per heavy atom. The van der Waals surface area contributed by atoms with Gasteiger partial charge in [0.05, 0.1) is 6.07 Å². The summed E-state index contributed by atoms with van der Waals surface area (Å²) in [5.74, 6) is 1.27. The maximum Gasteiger partial charge on any atom is 0.107 e. The van der Waals surface area contributed by atoms with Crippen molar-refractivity contribution in [3.63, 3.8) is 0 Å². The van der Waals surface area contributed by atoms with Crippen molar-refractivity contribution >= 4 is 11.8 Å². The molecule has 0 aromatic carbocycles. The Morgan fingerprint density at radius 2 is 2.25 bits per heavy atom. The zero-order chi connectivity index (χ0) is 11.9. The summed E-state index contributed by atoms with van der Waals surface area (Å²) in [4.78, 5) is 0. The van der Waals surface area contributed by atoms with E-state index in [4.69, 9.17) is 0 Å². The molecule has 1 saturated carbocycles. The van der Waals surface area contributed by atoms with Gasteiger partial charge < -0.3 is 0 Å². The van der Waals surface area contributed by atoms with Crippen molar-refractivity contribution in [3.8, 4) is 6.07 Å². The normalized spacial score (nSPS) is 29.2. The van der Waals surface area contributed by atoms with Crippen molar-refractivity contribution in [2.75, 3.05) is 12.3 Å². The first kappa shape index (κ1) is 13.9. The molecule has 1 aliphatic carbocycles. The third kappa shape index (κ3) is 3.99. The predicted molar refractivity (Wildman–Crippen MR) is 71.6 cm³/mol. The maximum absolute atomic E-state index is 9.25. The van der Waals surface area contributed by atoms with Gasteiger partial charge in [-0.05, 0) is 38.0 Å². The first-order valence-electron chi connectivity index (χ1n) is 6.54. The molecule has 1 fully saturated rings. The van der Waals surface area contributed by atoms with Gasteiger partial charge in [0.2, 0.25) is 0 Å². The second kappa shape index (κ2) is 7.19. The van der Waals surface area contributed by atoms with Crippen LogP contribution in [0.25, 0.3) is 0 Å². The Labute approximate surface area is 104 Å². The van der Waals surface area contributed by atoms with Gasteiger partial charge in [-0.1, -0.05) is 26.7 Å². The summed E-state index contributed by atoms with van der Waals surface area (Å²) in [6, 6.07) is 2.49. The minimum absolute atomic E-state index is 0.211. The van der Waals surface area contributed by atoms with Crippen LogP contribution in [0.4, 0.5) is 0 Å². The second-order valence-electron chi connectivity index (χ2n) is 4.67. The minimum Gasteiger partial charge on any atom is -0.300 e. The largest absolute Gasteiger partial charge is 0.300 e. The molecular weight excluding hydrogens is 216 g/mol. The van der Waals surface area contributed by atoms with E-state index in [1.807, 2.05) is 0 Å². The van der Waals surface area contributed by atoms with Gasteiger partial charge in [-0.15, -0.1) is 0 Å². The summed E-state index contributed by atoms with van der Waals surface area (Å²) < 4.78 is 0. The van der Waals surface area contributed by atoms with E-state index in [1.165, 1.54) is 31.4 Å². The van der Waals surface area contributed by atoms with Crippen molar-refractivity contribution in [2.24, 2.45) is 0 Å². The van der Waals surface area contributed by atoms with Crippen LogP contribution in [0.15, 0.2) is 0 Å². The summed E-state index contributed by atoms with van der Waals surface area (Å²) in [7, 11) is 0. The molecule has 92 valence electrons. The van der Waals surface area contributed by atoms with Gasteiger partial charge in [0.15, 0.2) is 0 Å². The molecule has 3 heteroatoms. The van der Waals surface area contributed by atoms with Crippen molar-refractivity contribution in [2.45, 2.75) is 63.2 Å². The molecule has 1 aliphatic rings. The monoisotopic (exact) mass is 240 g/mol. The van der Waals surface area contributed by atoms with Crippen LogP contribution in [-0.4, -0.2) is 23.1 Å². The summed E-state index contributed by atoms with van der Waals surface area (Å²) in [5, 5.41) is 13.3. The molecule has 2 unspecified atom stereocenters. The van der Waals surface area contributed by atoms with Crippen molar-refractivity contribution in [3.05, 3.63) is 0 Å². The number of hydrogen-bond acceptors (Lipinski definition) is 3. The summed E-state index contributed by atoms with van der Waals surface area (Å²) in [6.45, 7) is 5.23. The van der Waals surface area contributed by atoms with E-state index in [-0.39, 0.29) is 5.54 Å². The lowest BCUT2D eigenvalue weighted by Crippen LogP contribution is -2.41. The molecule has 0 heterocycles. The average Bonchev–Trinajstić information content (AvgIpc) is 2.70. The number of nitrogens with one attached hydrogen (secondary N) is 1.